The van der Waals surface area contributed by atoms with Gasteiger partial charge in [0.2, 0.25) is 5.91 Å². The summed E-state index contributed by atoms with van der Waals surface area (Å²) in [4.78, 5) is 15.4. The topological polar surface area (TPSA) is 35.6 Å². The van der Waals surface area contributed by atoms with Gasteiger partial charge in [-0.2, -0.15) is 0 Å². The quantitative estimate of drug-likeness (QED) is 0.860. The highest BCUT2D eigenvalue weighted by atomic mass is 16.2. The number of fused-ring (bicyclic) bond motifs is 1. The summed E-state index contributed by atoms with van der Waals surface area (Å²) in [5.41, 5.74) is 3.91. The molecule has 0 spiro atoms. The lowest BCUT2D eigenvalue weighted by Gasteiger charge is -2.27. The fourth-order valence-corrected chi connectivity index (χ4v) is 2.30. The molecule has 1 N–H and O–H groups in total. The minimum atomic E-state index is 0.129. The first kappa shape index (κ1) is 12.9. The predicted octanol–water partition coefficient (Wildman–Crippen LogP) is 0.857. The van der Waals surface area contributed by atoms with E-state index in [1.54, 1.807) is 19.0 Å². The Hall–Kier alpha value is -1.55. The van der Waals surface area contributed by atoms with Crippen LogP contribution in [0.4, 0.5) is 5.69 Å². The molecule has 0 fully saturated rings. The Kier molecular flexibility index (Phi) is 3.87. The van der Waals surface area contributed by atoms with Crippen LogP contribution in [0, 0.1) is 0 Å². The van der Waals surface area contributed by atoms with Crippen molar-refractivity contribution in [2.45, 2.75) is 13.0 Å². The van der Waals surface area contributed by atoms with E-state index in [2.05, 4.69) is 23.5 Å². The van der Waals surface area contributed by atoms with E-state index in [9.17, 15) is 4.79 Å². The van der Waals surface area contributed by atoms with E-state index in [4.69, 9.17) is 0 Å². The largest absolute Gasteiger partial charge is 0.365 e. The van der Waals surface area contributed by atoms with Crippen molar-refractivity contribution in [3.05, 3.63) is 29.3 Å². The van der Waals surface area contributed by atoms with Crippen LogP contribution < -0.4 is 10.2 Å². The zero-order valence-electron chi connectivity index (χ0n) is 11.4. The number of anilines is 1. The normalized spacial score (nSPS) is 13.9. The summed E-state index contributed by atoms with van der Waals surface area (Å²) in [5.74, 6) is 0.129. The van der Waals surface area contributed by atoms with Gasteiger partial charge >= 0.3 is 0 Å². The second-order valence-corrected chi connectivity index (χ2v) is 4.99. The van der Waals surface area contributed by atoms with Crippen LogP contribution >= 0.6 is 0 Å². The van der Waals surface area contributed by atoms with Crippen molar-refractivity contribution in [1.82, 2.24) is 10.2 Å². The maximum absolute atomic E-state index is 11.8. The fraction of sp³-hybridized carbons (Fsp3) is 0.500. The molecule has 0 radical (unpaired) electrons. The Morgan fingerprint density at radius 3 is 2.83 bits per heavy atom. The highest BCUT2D eigenvalue weighted by Crippen LogP contribution is 2.25. The van der Waals surface area contributed by atoms with Gasteiger partial charge in [-0.1, -0.05) is 12.1 Å². The summed E-state index contributed by atoms with van der Waals surface area (Å²) >= 11 is 0. The van der Waals surface area contributed by atoms with Crippen LogP contribution in [0.1, 0.15) is 11.1 Å². The van der Waals surface area contributed by atoms with Crippen molar-refractivity contribution in [2.24, 2.45) is 0 Å². The lowest BCUT2D eigenvalue weighted by Crippen LogP contribution is -2.35. The summed E-state index contributed by atoms with van der Waals surface area (Å²) in [6.07, 6.45) is 1.03. The number of nitrogens with zero attached hydrogens (tertiary/aromatic N) is 2. The number of amides is 1. The van der Waals surface area contributed by atoms with Gasteiger partial charge in [0.1, 0.15) is 0 Å². The molecule has 2 rings (SSSR count). The van der Waals surface area contributed by atoms with E-state index in [-0.39, 0.29) is 5.91 Å². The molecule has 18 heavy (non-hydrogen) atoms. The van der Waals surface area contributed by atoms with E-state index in [0.29, 0.717) is 6.54 Å². The molecule has 1 aromatic rings. The van der Waals surface area contributed by atoms with Crippen molar-refractivity contribution in [1.29, 1.82) is 0 Å². The smallest absolute Gasteiger partial charge is 0.241 e. The molecule has 98 valence electrons. The lowest BCUT2D eigenvalue weighted by molar-refractivity contribution is -0.127. The first-order valence-corrected chi connectivity index (χ1v) is 6.32. The van der Waals surface area contributed by atoms with E-state index in [1.807, 2.05) is 11.9 Å². The van der Waals surface area contributed by atoms with Crippen molar-refractivity contribution in [3.8, 4) is 0 Å². The maximum atomic E-state index is 11.8. The molecule has 1 amide bonds. The summed E-state index contributed by atoms with van der Waals surface area (Å²) < 4.78 is 0. The lowest BCUT2D eigenvalue weighted by atomic mass is 9.98. The van der Waals surface area contributed by atoms with Gasteiger partial charge in [0.15, 0.2) is 0 Å². The molecule has 0 bridgehead atoms. The van der Waals surface area contributed by atoms with E-state index in [1.165, 1.54) is 16.8 Å². The van der Waals surface area contributed by atoms with E-state index in [0.717, 1.165) is 19.5 Å². The third-order valence-electron chi connectivity index (χ3n) is 3.40. The molecular weight excluding hydrogens is 226 g/mol. The van der Waals surface area contributed by atoms with Gasteiger partial charge in [-0.3, -0.25) is 4.79 Å². The zero-order valence-corrected chi connectivity index (χ0v) is 11.4. The number of rotatable bonds is 3. The van der Waals surface area contributed by atoms with Crippen molar-refractivity contribution < 1.29 is 4.79 Å². The van der Waals surface area contributed by atoms with Gasteiger partial charge in [-0.25, -0.2) is 0 Å². The van der Waals surface area contributed by atoms with Crippen molar-refractivity contribution in [3.63, 3.8) is 0 Å². The Balaban J connectivity index is 2.20. The SMILES string of the molecule is CN(C)C(=O)CN(C)c1cccc2c1CCNC2. The van der Waals surface area contributed by atoms with Gasteiger partial charge in [-0.05, 0) is 30.2 Å². The first-order valence-electron chi connectivity index (χ1n) is 6.32. The zero-order chi connectivity index (χ0) is 13.1. The molecule has 1 aliphatic heterocycles. The molecule has 0 aromatic heterocycles. The number of likely N-dealkylation sites (N-methyl/N-ethyl adjacent to an activating group) is 2. The molecule has 0 aliphatic carbocycles. The van der Waals surface area contributed by atoms with Gasteiger partial charge in [-0.15, -0.1) is 0 Å². The van der Waals surface area contributed by atoms with Crippen molar-refractivity contribution in [2.75, 3.05) is 39.1 Å². The van der Waals surface area contributed by atoms with Crippen LogP contribution in [-0.4, -0.2) is 45.0 Å². The first-order chi connectivity index (χ1) is 8.59. The molecule has 0 saturated heterocycles. The number of nitrogens with one attached hydrogen (secondary N) is 1. The minimum Gasteiger partial charge on any atom is -0.365 e. The van der Waals surface area contributed by atoms with E-state index >= 15 is 0 Å². The van der Waals surface area contributed by atoms with Crippen LogP contribution in [0.5, 0.6) is 0 Å². The summed E-state index contributed by atoms with van der Waals surface area (Å²) in [5, 5.41) is 3.37. The average Bonchev–Trinajstić information content (AvgIpc) is 2.37. The van der Waals surface area contributed by atoms with E-state index < -0.39 is 0 Å². The molecule has 0 saturated carbocycles. The number of carbonyl (C=O) groups excluding carboxylic acids is 1. The molecule has 4 heteroatoms. The maximum Gasteiger partial charge on any atom is 0.241 e. The third-order valence-corrected chi connectivity index (χ3v) is 3.40. The second-order valence-electron chi connectivity index (χ2n) is 4.99. The second kappa shape index (κ2) is 5.40. The third kappa shape index (κ3) is 2.64. The Bertz CT molecular complexity index is 443. The van der Waals surface area contributed by atoms with Crippen LogP contribution in [0.3, 0.4) is 0 Å². The summed E-state index contributed by atoms with van der Waals surface area (Å²) in [7, 11) is 5.57. The molecule has 1 aliphatic rings. The van der Waals surface area contributed by atoms with Gasteiger partial charge in [0.05, 0.1) is 6.54 Å². The summed E-state index contributed by atoms with van der Waals surface area (Å²) in [6, 6.07) is 6.33. The van der Waals surface area contributed by atoms with Crippen LogP contribution in [0.15, 0.2) is 18.2 Å². The molecule has 1 aromatic carbocycles. The number of hydrogen-bond donors (Lipinski definition) is 1. The molecule has 4 nitrogen and oxygen atoms in total. The van der Waals surface area contributed by atoms with Crippen LogP contribution in [-0.2, 0) is 17.8 Å². The Labute approximate surface area is 109 Å². The average molecular weight is 247 g/mol. The Morgan fingerprint density at radius 1 is 1.33 bits per heavy atom. The summed E-state index contributed by atoms with van der Waals surface area (Å²) in [6.45, 7) is 2.37. The standard InChI is InChI=1S/C14H21N3O/c1-16(2)14(18)10-17(3)13-6-4-5-11-9-15-8-7-12(11)13/h4-6,15H,7-10H2,1-3H3. The number of benzene rings is 1. The molecular formula is C14H21N3O. The molecule has 0 unspecified atom stereocenters. The highest BCUT2D eigenvalue weighted by molar-refractivity contribution is 5.81. The number of carbonyl (C=O) groups is 1. The highest BCUT2D eigenvalue weighted by Gasteiger charge is 2.16. The predicted molar refractivity (Wildman–Crippen MR) is 73.8 cm³/mol. The Morgan fingerprint density at radius 2 is 2.11 bits per heavy atom. The van der Waals surface area contributed by atoms with Crippen LogP contribution in [0.2, 0.25) is 0 Å². The fourth-order valence-electron chi connectivity index (χ4n) is 2.30. The van der Waals surface area contributed by atoms with Crippen molar-refractivity contribution >= 4 is 11.6 Å². The molecule has 1 heterocycles. The van der Waals surface area contributed by atoms with Gasteiger partial charge in [0, 0.05) is 33.4 Å². The van der Waals surface area contributed by atoms with Gasteiger partial charge in [0.25, 0.3) is 0 Å². The number of hydrogen-bond acceptors (Lipinski definition) is 3. The van der Waals surface area contributed by atoms with Crippen LogP contribution in [0.25, 0.3) is 0 Å². The minimum absolute atomic E-state index is 0.129. The molecule has 0 atom stereocenters. The van der Waals surface area contributed by atoms with Gasteiger partial charge < -0.3 is 15.1 Å². The monoisotopic (exact) mass is 247 g/mol.